The minimum Gasteiger partial charge on any atom is -0.491 e. The number of sulfone groups is 1. The lowest BCUT2D eigenvalue weighted by atomic mass is 9.97. The van der Waals surface area contributed by atoms with Crippen LogP contribution >= 0.6 is 0 Å². The van der Waals surface area contributed by atoms with Crippen molar-refractivity contribution in [3.05, 3.63) is 48.4 Å². The van der Waals surface area contributed by atoms with Gasteiger partial charge < -0.3 is 9.47 Å². The zero-order valence-corrected chi connectivity index (χ0v) is 16.4. The average Bonchev–Trinajstić information content (AvgIpc) is 3.54. The van der Waals surface area contributed by atoms with Crippen molar-refractivity contribution in [1.82, 2.24) is 4.98 Å². The molecule has 1 saturated carbocycles. The SMILES string of the molecule is O=S(=O)(CC1CCCO[C@@H]1COc1ccc(-c2ccc(F)cn2)cc1)C1CC1. The van der Waals surface area contributed by atoms with E-state index in [1.54, 1.807) is 6.07 Å². The van der Waals surface area contributed by atoms with E-state index in [0.717, 1.165) is 31.2 Å². The van der Waals surface area contributed by atoms with Gasteiger partial charge in [-0.25, -0.2) is 12.8 Å². The van der Waals surface area contributed by atoms with Crippen molar-refractivity contribution in [3.8, 4) is 17.0 Å². The summed E-state index contributed by atoms with van der Waals surface area (Å²) in [5, 5.41) is -0.136. The number of halogens is 1. The molecule has 0 spiro atoms. The normalized spacial score (nSPS) is 22.8. The fourth-order valence-corrected chi connectivity index (χ4v) is 5.69. The topological polar surface area (TPSA) is 65.5 Å². The molecule has 5 nitrogen and oxygen atoms in total. The van der Waals surface area contributed by atoms with Gasteiger partial charge in [-0.05, 0) is 62.1 Å². The highest BCUT2D eigenvalue weighted by Gasteiger charge is 2.39. The average molecular weight is 405 g/mol. The number of aromatic nitrogens is 1. The molecular formula is C21H24FNO4S. The number of benzene rings is 1. The van der Waals surface area contributed by atoms with Gasteiger partial charge in [-0.2, -0.15) is 0 Å². The van der Waals surface area contributed by atoms with Crippen molar-refractivity contribution in [3.63, 3.8) is 0 Å². The third kappa shape index (κ3) is 4.70. The third-order valence-electron chi connectivity index (χ3n) is 5.35. The van der Waals surface area contributed by atoms with Crippen LogP contribution in [0.4, 0.5) is 4.39 Å². The van der Waals surface area contributed by atoms with E-state index in [9.17, 15) is 12.8 Å². The van der Waals surface area contributed by atoms with Crippen molar-refractivity contribution >= 4 is 9.84 Å². The van der Waals surface area contributed by atoms with Crippen LogP contribution in [-0.2, 0) is 14.6 Å². The summed E-state index contributed by atoms with van der Waals surface area (Å²) in [6, 6.07) is 10.4. The Kier molecular flexibility index (Phi) is 5.64. The second-order valence-corrected chi connectivity index (χ2v) is 9.86. The number of rotatable bonds is 7. The molecule has 28 heavy (non-hydrogen) atoms. The Morgan fingerprint density at radius 2 is 1.89 bits per heavy atom. The van der Waals surface area contributed by atoms with Crippen LogP contribution < -0.4 is 4.74 Å². The Balaban J connectivity index is 1.36. The van der Waals surface area contributed by atoms with Crippen molar-refractivity contribution in [2.45, 2.75) is 37.0 Å². The summed E-state index contributed by atoms with van der Waals surface area (Å²) in [5.41, 5.74) is 1.56. The van der Waals surface area contributed by atoms with Crippen molar-refractivity contribution < 1.29 is 22.3 Å². The van der Waals surface area contributed by atoms with Crippen molar-refractivity contribution in [2.24, 2.45) is 5.92 Å². The maximum absolute atomic E-state index is 13.0. The van der Waals surface area contributed by atoms with Crippen LogP contribution in [0.2, 0.25) is 0 Å². The molecule has 1 aliphatic carbocycles. The zero-order chi connectivity index (χ0) is 19.6. The molecule has 2 aromatic rings. The smallest absolute Gasteiger partial charge is 0.153 e. The summed E-state index contributed by atoms with van der Waals surface area (Å²) in [5.74, 6) is 0.501. The molecule has 1 aromatic heterocycles. The van der Waals surface area contributed by atoms with Gasteiger partial charge in [-0.15, -0.1) is 0 Å². The number of hydrogen-bond donors (Lipinski definition) is 0. The highest BCUT2D eigenvalue weighted by Crippen LogP contribution is 2.33. The predicted octanol–water partition coefficient (Wildman–Crippen LogP) is 3.64. The van der Waals surface area contributed by atoms with E-state index in [4.69, 9.17) is 9.47 Å². The monoisotopic (exact) mass is 405 g/mol. The molecule has 1 aliphatic heterocycles. The lowest BCUT2D eigenvalue weighted by molar-refractivity contribution is -0.0428. The summed E-state index contributed by atoms with van der Waals surface area (Å²) >= 11 is 0. The van der Waals surface area contributed by atoms with Gasteiger partial charge in [-0.1, -0.05) is 0 Å². The maximum Gasteiger partial charge on any atom is 0.153 e. The molecule has 1 saturated heterocycles. The van der Waals surface area contributed by atoms with Gasteiger partial charge in [0.25, 0.3) is 0 Å². The Morgan fingerprint density at radius 3 is 2.57 bits per heavy atom. The minimum atomic E-state index is -3.01. The standard InChI is InChI=1S/C21H24FNO4S/c22-17-5-10-20(23-12-17)15-3-6-18(7-4-15)27-13-21-16(2-1-11-26-21)14-28(24,25)19-8-9-19/h3-7,10,12,16,19,21H,1-2,8-9,11,13-14H2/t16?,21-/m1/s1. The van der Waals surface area contributed by atoms with E-state index in [2.05, 4.69) is 4.98 Å². The molecule has 2 atom stereocenters. The Bertz CT molecular complexity index is 895. The van der Waals surface area contributed by atoms with Gasteiger partial charge in [-0.3, -0.25) is 4.98 Å². The van der Waals surface area contributed by atoms with E-state index in [1.165, 1.54) is 12.3 Å². The molecule has 1 aromatic carbocycles. The summed E-state index contributed by atoms with van der Waals surface area (Å²) in [4.78, 5) is 4.07. The quantitative estimate of drug-likeness (QED) is 0.704. The summed E-state index contributed by atoms with van der Waals surface area (Å²) in [6.45, 7) is 0.974. The van der Waals surface area contributed by atoms with Gasteiger partial charge >= 0.3 is 0 Å². The van der Waals surface area contributed by atoms with E-state index >= 15 is 0 Å². The lowest BCUT2D eigenvalue weighted by Gasteiger charge is -2.31. The predicted molar refractivity (Wildman–Crippen MR) is 104 cm³/mol. The van der Waals surface area contributed by atoms with Crippen LogP contribution in [0.5, 0.6) is 5.75 Å². The minimum absolute atomic E-state index is 0.0120. The molecule has 2 fully saturated rings. The summed E-state index contributed by atoms with van der Waals surface area (Å²) < 4.78 is 49.4. The van der Waals surface area contributed by atoms with Gasteiger partial charge in [0.1, 0.15) is 18.2 Å². The number of hydrogen-bond acceptors (Lipinski definition) is 5. The molecule has 150 valence electrons. The maximum atomic E-state index is 13.0. The van der Waals surface area contributed by atoms with E-state index in [-0.39, 0.29) is 28.8 Å². The van der Waals surface area contributed by atoms with Crippen LogP contribution in [0.1, 0.15) is 25.7 Å². The van der Waals surface area contributed by atoms with Gasteiger partial charge in [0.05, 0.1) is 29.0 Å². The molecule has 1 unspecified atom stereocenters. The molecule has 0 N–H and O–H groups in total. The van der Waals surface area contributed by atoms with E-state index in [0.29, 0.717) is 24.7 Å². The largest absolute Gasteiger partial charge is 0.491 e. The molecule has 7 heteroatoms. The van der Waals surface area contributed by atoms with Crippen molar-refractivity contribution in [1.29, 1.82) is 0 Å². The van der Waals surface area contributed by atoms with Gasteiger partial charge in [0.15, 0.2) is 9.84 Å². The highest BCUT2D eigenvalue weighted by atomic mass is 32.2. The fourth-order valence-electron chi connectivity index (χ4n) is 3.59. The molecule has 0 radical (unpaired) electrons. The first-order valence-corrected chi connectivity index (χ1v) is 11.4. The van der Waals surface area contributed by atoms with Crippen LogP contribution in [-0.4, -0.2) is 43.7 Å². The van der Waals surface area contributed by atoms with Crippen LogP contribution in [0.15, 0.2) is 42.6 Å². The highest BCUT2D eigenvalue weighted by molar-refractivity contribution is 7.92. The van der Waals surface area contributed by atoms with Crippen LogP contribution in [0, 0.1) is 11.7 Å². The molecule has 2 aliphatic rings. The molecule has 2 heterocycles. The first-order valence-electron chi connectivity index (χ1n) is 9.69. The number of pyridine rings is 1. The summed E-state index contributed by atoms with van der Waals surface area (Å²) in [6.07, 6.45) is 4.32. The number of ether oxygens (including phenoxy) is 2. The zero-order valence-electron chi connectivity index (χ0n) is 15.6. The van der Waals surface area contributed by atoms with Crippen LogP contribution in [0.3, 0.4) is 0 Å². The lowest BCUT2D eigenvalue weighted by Crippen LogP contribution is -2.39. The van der Waals surface area contributed by atoms with E-state index < -0.39 is 9.84 Å². The Hall–Kier alpha value is -1.99. The van der Waals surface area contributed by atoms with Gasteiger partial charge in [0, 0.05) is 18.1 Å². The first kappa shape index (κ1) is 19.3. The third-order valence-corrected chi connectivity index (χ3v) is 7.73. The molecule has 0 bridgehead atoms. The molecule has 0 amide bonds. The fraction of sp³-hybridized carbons (Fsp3) is 0.476. The van der Waals surface area contributed by atoms with Crippen LogP contribution in [0.25, 0.3) is 11.3 Å². The summed E-state index contributed by atoms with van der Waals surface area (Å²) in [7, 11) is -3.01. The molecular weight excluding hydrogens is 381 g/mol. The number of nitrogens with zero attached hydrogens (tertiary/aromatic N) is 1. The first-order chi connectivity index (χ1) is 13.5. The second-order valence-electron chi connectivity index (χ2n) is 7.54. The Labute approximate surface area is 164 Å². The van der Waals surface area contributed by atoms with Gasteiger partial charge in [0.2, 0.25) is 0 Å². The van der Waals surface area contributed by atoms with E-state index in [1.807, 2.05) is 24.3 Å². The van der Waals surface area contributed by atoms with Crippen molar-refractivity contribution in [2.75, 3.05) is 19.0 Å². The Morgan fingerprint density at radius 1 is 1.11 bits per heavy atom. The molecule has 4 rings (SSSR count). The second kappa shape index (κ2) is 8.17.